The molecule has 2 rings (SSSR count). The Morgan fingerprint density at radius 2 is 2.05 bits per heavy atom. The van der Waals surface area contributed by atoms with Crippen LogP contribution in [0.25, 0.3) is 0 Å². The molecule has 0 saturated carbocycles. The molecule has 1 saturated heterocycles. The topological polar surface area (TPSA) is 44.1 Å². The molecule has 0 spiro atoms. The molecule has 19 heavy (non-hydrogen) atoms. The van der Waals surface area contributed by atoms with Gasteiger partial charge in [-0.1, -0.05) is 11.6 Å². The van der Waals surface area contributed by atoms with E-state index in [0.717, 1.165) is 18.2 Å². The van der Waals surface area contributed by atoms with Crippen molar-refractivity contribution in [2.24, 2.45) is 5.92 Å². The van der Waals surface area contributed by atoms with Crippen molar-refractivity contribution < 1.29 is 18.0 Å². The number of hydrogen-bond acceptors (Lipinski definition) is 2. The zero-order chi connectivity index (χ0) is 14.2. The van der Waals surface area contributed by atoms with Crippen LogP contribution in [0.15, 0.2) is 18.2 Å². The summed E-state index contributed by atoms with van der Waals surface area (Å²) >= 11 is 5.76. The van der Waals surface area contributed by atoms with Gasteiger partial charge in [0, 0.05) is 13.1 Å². The summed E-state index contributed by atoms with van der Waals surface area (Å²) in [6.07, 6.45) is -4.52. The van der Waals surface area contributed by atoms with Crippen LogP contribution in [0.3, 0.4) is 0 Å². The fraction of sp³-hybridized carbons (Fsp3) is 0.333. The van der Waals surface area contributed by atoms with Crippen LogP contribution < -0.4 is 0 Å². The lowest BCUT2D eigenvalue weighted by Crippen LogP contribution is -2.49. The molecule has 1 fully saturated rings. The number of carbonyl (C=O) groups excluding carboxylic acids is 1. The average molecular weight is 289 g/mol. The molecule has 7 heteroatoms. The third-order valence-corrected chi connectivity index (χ3v) is 3.21. The smallest absolute Gasteiger partial charge is 0.336 e. The first-order valence-corrected chi connectivity index (χ1v) is 5.76. The molecule has 1 aromatic carbocycles. The third kappa shape index (κ3) is 2.66. The van der Waals surface area contributed by atoms with Crippen molar-refractivity contribution in [3.8, 4) is 6.07 Å². The van der Waals surface area contributed by atoms with Gasteiger partial charge in [-0.05, 0) is 18.2 Å². The zero-order valence-electron chi connectivity index (χ0n) is 9.54. The standard InChI is InChI=1S/C12H8ClF3N2O/c13-10-2-1-8(12(14,15)16)3-9(10)11(19)18-5-7(4-17)6-18/h1-3,7H,5-6H2. The van der Waals surface area contributed by atoms with E-state index < -0.39 is 17.6 Å². The molecular weight excluding hydrogens is 281 g/mol. The summed E-state index contributed by atoms with van der Waals surface area (Å²) in [7, 11) is 0. The summed E-state index contributed by atoms with van der Waals surface area (Å²) < 4.78 is 37.7. The number of likely N-dealkylation sites (tertiary alicyclic amines) is 1. The van der Waals surface area contributed by atoms with Crippen LogP contribution in [0, 0.1) is 17.2 Å². The second-order valence-corrected chi connectivity index (χ2v) is 4.64. The van der Waals surface area contributed by atoms with E-state index in [-0.39, 0.29) is 29.6 Å². The molecule has 0 aromatic heterocycles. The molecule has 0 aliphatic carbocycles. The molecular formula is C12H8ClF3N2O. The van der Waals surface area contributed by atoms with Gasteiger partial charge in [-0.2, -0.15) is 18.4 Å². The second-order valence-electron chi connectivity index (χ2n) is 4.23. The Morgan fingerprint density at radius 1 is 1.42 bits per heavy atom. The first-order chi connectivity index (χ1) is 8.82. The first-order valence-electron chi connectivity index (χ1n) is 5.38. The Balaban J connectivity index is 2.25. The predicted molar refractivity (Wildman–Crippen MR) is 61.5 cm³/mol. The first kappa shape index (κ1) is 13.7. The minimum Gasteiger partial charge on any atom is -0.336 e. The highest BCUT2D eigenvalue weighted by molar-refractivity contribution is 6.33. The lowest BCUT2D eigenvalue weighted by Gasteiger charge is -2.35. The summed E-state index contributed by atoms with van der Waals surface area (Å²) in [6.45, 7) is 0.448. The Hall–Kier alpha value is -1.74. The van der Waals surface area contributed by atoms with E-state index >= 15 is 0 Å². The molecule has 1 aliphatic heterocycles. The zero-order valence-corrected chi connectivity index (χ0v) is 10.3. The number of amides is 1. The molecule has 3 nitrogen and oxygen atoms in total. The van der Waals surface area contributed by atoms with Gasteiger partial charge in [0.25, 0.3) is 5.91 Å². The summed E-state index contributed by atoms with van der Waals surface area (Å²) in [6, 6.07) is 4.60. The van der Waals surface area contributed by atoms with E-state index in [1.807, 2.05) is 6.07 Å². The van der Waals surface area contributed by atoms with E-state index in [4.69, 9.17) is 16.9 Å². The van der Waals surface area contributed by atoms with E-state index in [1.54, 1.807) is 0 Å². The van der Waals surface area contributed by atoms with Crippen LogP contribution >= 0.6 is 11.6 Å². The van der Waals surface area contributed by atoms with E-state index in [9.17, 15) is 18.0 Å². The average Bonchev–Trinajstić information content (AvgIpc) is 2.26. The van der Waals surface area contributed by atoms with E-state index in [0.29, 0.717) is 0 Å². The van der Waals surface area contributed by atoms with Gasteiger partial charge in [0.15, 0.2) is 0 Å². The Labute approximate surface area is 112 Å². The molecule has 1 amide bonds. The minimum absolute atomic E-state index is 0.0293. The Morgan fingerprint density at radius 3 is 2.58 bits per heavy atom. The number of halogens is 4. The second kappa shape index (κ2) is 4.74. The van der Waals surface area contributed by atoms with Gasteiger partial charge in [0.05, 0.1) is 28.1 Å². The molecule has 0 N–H and O–H groups in total. The normalized spacial score (nSPS) is 15.8. The van der Waals surface area contributed by atoms with Gasteiger partial charge in [-0.15, -0.1) is 0 Å². The highest BCUT2D eigenvalue weighted by Crippen LogP contribution is 2.32. The van der Waals surface area contributed by atoms with Crippen LogP contribution in [0.5, 0.6) is 0 Å². The number of rotatable bonds is 1. The highest BCUT2D eigenvalue weighted by atomic mass is 35.5. The van der Waals surface area contributed by atoms with Gasteiger partial charge < -0.3 is 4.90 Å². The molecule has 1 aromatic rings. The summed E-state index contributed by atoms with van der Waals surface area (Å²) in [5, 5.41) is 8.57. The molecule has 0 radical (unpaired) electrons. The fourth-order valence-electron chi connectivity index (χ4n) is 1.76. The van der Waals surface area contributed by atoms with Crippen molar-refractivity contribution in [2.45, 2.75) is 6.18 Å². The minimum atomic E-state index is -4.52. The largest absolute Gasteiger partial charge is 0.416 e. The number of alkyl halides is 3. The molecule has 0 bridgehead atoms. The molecule has 0 unspecified atom stereocenters. The monoisotopic (exact) mass is 288 g/mol. The van der Waals surface area contributed by atoms with Gasteiger partial charge in [0.1, 0.15) is 0 Å². The maximum Gasteiger partial charge on any atom is 0.416 e. The molecule has 1 heterocycles. The van der Waals surface area contributed by atoms with E-state index in [2.05, 4.69) is 0 Å². The van der Waals surface area contributed by atoms with Crippen LogP contribution in [0.4, 0.5) is 13.2 Å². The predicted octanol–water partition coefficient (Wildman–Crippen LogP) is 2.95. The van der Waals surface area contributed by atoms with Gasteiger partial charge in [0.2, 0.25) is 0 Å². The molecule has 0 atom stereocenters. The van der Waals surface area contributed by atoms with Crippen molar-refractivity contribution in [2.75, 3.05) is 13.1 Å². The highest BCUT2D eigenvalue weighted by Gasteiger charge is 2.35. The lowest BCUT2D eigenvalue weighted by atomic mass is 10.00. The van der Waals surface area contributed by atoms with Crippen molar-refractivity contribution in [3.63, 3.8) is 0 Å². The van der Waals surface area contributed by atoms with Crippen molar-refractivity contribution in [1.29, 1.82) is 5.26 Å². The summed E-state index contributed by atoms with van der Waals surface area (Å²) in [4.78, 5) is 13.3. The van der Waals surface area contributed by atoms with Crippen molar-refractivity contribution >= 4 is 17.5 Å². The fourth-order valence-corrected chi connectivity index (χ4v) is 1.96. The van der Waals surface area contributed by atoms with Gasteiger partial charge in [-0.3, -0.25) is 4.79 Å². The van der Waals surface area contributed by atoms with Crippen molar-refractivity contribution in [1.82, 2.24) is 4.90 Å². The lowest BCUT2D eigenvalue weighted by molar-refractivity contribution is -0.137. The number of carbonyl (C=O) groups is 1. The maximum atomic E-state index is 12.6. The molecule has 100 valence electrons. The van der Waals surface area contributed by atoms with Gasteiger partial charge >= 0.3 is 6.18 Å². The Kier molecular flexibility index (Phi) is 3.42. The number of benzene rings is 1. The third-order valence-electron chi connectivity index (χ3n) is 2.88. The maximum absolute atomic E-state index is 12.6. The SMILES string of the molecule is N#CC1CN(C(=O)c2cc(C(F)(F)F)ccc2Cl)C1. The van der Waals surface area contributed by atoms with Crippen molar-refractivity contribution in [3.05, 3.63) is 34.3 Å². The summed E-state index contributed by atoms with van der Waals surface area (Å²) in [5.41, 5.74) is -1.11. The van der Waals surface area contributed by atoms with Crippen LogP contribution in [0.2, 0.25) is 5.02 Å². The van der Waals surface area contributed by atoms with Gasteiger partial charge in [-0.25, -0.2) is 0 Å². The number of nitrogens with zero attached hydrogens (tertiary/aromatic N) is 2. The van der Waals surface area contributed by atoms with Crippen LogP contribution in [-0.4, -0.2) is 23.9 Å². The number of hydrogen-bond donors (Lipinski definition) is 0. The molecule has 1 aliphatic rings. The van der Waals surface area contributed by atoms with Crippen LogP contribution in [-0.2, 0) is 6.18 Å². The Bertz CT molecular complexity index is 559. The van der Waals surface area contributed by atoms with E-state index in [1.165, 1.54) is 4.90 Å². The quantitative estimate of drug-likeness (QED) is 0.797. The number of nitriles is 1. The summed E-state index contributed by atoms with van der Waals surface area (Å²) in [5.74, 6) is -0.837. The van der Waals surface area contributed by atoms with Crippen LogP contribution in [0.1, 0.15) is 15.9 Å².